The van der Waals surface area contributed by atoms with Gasteiger partial charge >= 0.3 is 0 Å². The van der Waals surface area contributed by atoms with E-state index in [1.807, 2.05) is 19.1 Å². The summed E-state index contributed by atoms with van der Waals surface area (Å²) >= 11 is 6.34. The average molecular weight is 243 g/mol. The number of ether oxygens (including phenoxy) is 2. The van der Waals surface area contributed by atoms with Crippen LogP contribution in [-0.4, -0.2) is 14.2 Å². The molecule has 16 heavy (non-hydrogen) atoms. The van der Waals surface area contributed by atoms with E-state index in [2.05, 4.69) is 6.92 Å². The molecule has 1 aromatic rings. The lowest BCUT2D eigenvalue weighted by Gasteiger charge is -2.16. The zero-order valence-corrected chi connectivity index (χ0v) is 11.1. The van der Waals surface area contributed by atoms with E-state index < -0.39 is 0 Å². The van der Waals surface area contributed by atoms with Gasteiger partial charge in [0.2, 0.25) is 0 Å². The second-order valence-electron chi connectivity index (χ2n) is 3.82. The summed E-state index contributed by atoms with van der Waals surface area (Å²) in [5.74, 6) is 1.49. The topological polar surface area (TPSA) is 18.5 Å². The third-order valence-electron chi connectivity index (χ3n) is 2.65. The second kappa shape index (κ2) is 6.00. The highest BCUT2D eigenvalue weighted by Gasteiger charge is 2.14. The lowest BCUT2D eigenvalue weighted by atomic mass is 10.0. The molecule has 90 valence electrons. The van der Waals surface area contributed by atoms with Crippen LogP contribution in [0.15, 0.2) is 12.1 Å². The van der Waals surface area contributed by atoms with Crippen LogP contribution in [0.2, 0.25) is 0 Å². The first-order valence-corrected chi connectivity index (χ1v) is 5.94. The molecule has 1 aromatic carbocycles. The Morgan fingerprint density at radius 3 is 2.25 bits per heavy atom. The van der Waals surface area contributed by atoms with Gasteiger partial charge in [-0.2, -0.15) is 0 Å². The van der Waals surface area contributed by atoms with E-state index in [9.17, 15) is 0 Å². The van der Waals surface area contributed by atoms with Gasteiger partial charge in [-0.15, -0.1) is 11.6 Å². The molecular formula is C13H19ClO2. The predicted molar refractivity (Wildman–Crippen MR) is 67.8 cm³/mol. The third kappa shape index (κ3) is 2.82. The number of hydrogen-bond donors (Lipinski definition) is 0. The monoisotopic (exact) mass is 242 g/mol. The standard InChI is InChI=1S/C13H19ClO2/c1-5-6-11(14)10-8-13(16-4)12(15-3)7-9(10)2/h7-8,11H,5-6H2,1-4H3. The molecule has 0 spiro atoms. The molecule has 0 aromatic heterocycles. The van der Waals surface area contributed by atoms with Crippen LogP contribution >= 0.6 is 11.6 Å². The van der Waals surface area contributed by atoms with Crippen LogP contribution < -0.4 is 9.47 Å². The normalized spacial score (nSPS) is 12.3. The van der Waals surface area contributed by atoms with Crippen molar-refractivity contribution in [3.63, 3.8) is 0 Å². The smallest absolute Gasteiger partial charge is 0.161 e. The van der Waals surface area contributed by atoms with E-state index in [1.165, 1.54) is 0 Å². The Morgan fingerprint density at radius 1 is 1.19 bits per heavy atom. The molecule has 0 amide bonds. The fraction of sp³-hybridized carbons (Fsp3) is 0.538. The molecule has 1 rings (SSSR count). The van der Waals surface area contributed by atoms with Gasteiger partial charge in [0, 0.05) is 0 Å². The fourth-order valence-electron chi connectivity index (χ4n) is 1.74. The Bertz CT molecular complexity index is 350. The summed E-state index contributed by atoms with van der Waals surface area (Å²) in [5, 5.41) is 0.0461. The van der Waals surface area contributed by atoms with Gasteiger partial charge in [-0.1, -0.05) is 13.3 Å². The van der Waals surface area contributed by atoms with Gasteiger partial charge in [0.25, 0.3) is 0 Å². The van der Waals surface area contributed by atoms with E-state index in [1.54, 1.807) is 14.2 Å². The van der Waals surface area contributed by atoms with Gasteiger partial charge in [-0.3, -0.25) is 0 Å². The molecule has 0 aliphatic heterocycles. The molecule has 2 nitrogen and oxygen atoms in total. The van der Waals surface area contributed by atoms with Crippen molar-refractivity contribution in [2.75, 3.05) is 14.2 Å². The van der Waals surface area contributed by atoms with Crippen LogP contribution in [-0.2, 0) is 0 Å². The molecule has 0 N–H and O–H groups in total. The number of hydrogen-bond acceptors (Lipinski definition) is 2. The summed E-state index contributed by atoms with van der Waals surface area (Å²) in [6, 6.07) is 3.95. The first-order chi connectivity index (χ1) is 7.63. The van der Waals surface area contributed by atoms with Crippen molar-refractivity contribution in [1.29, 1.82) is 0 Å². The van der Waals surface area contributed by atoms with Crippen molar-refractivity contribution in [3.8, 4) is 11.5 Å². The van der Waals surface area contributed by atoms with Crippen LogP contribution in [0.3, 0.4) is 0 Å². The minimum Gasteiger partial charge on any atom is -0.493 e. The van der Waals surface area contributed by atoms with Crippen molar-refractivity contribution in [2.24, 2.45) is 0 Å². The Morgan fingerprint density at radius 2 is 1.75 bits per heavy atom. The number of rotatable bonds is 5. The average Bonchev–Trinajstić information content (AvgIpc) is 2.28. The number of aryl methyl sites for hydroxylation is 1. The molecule has 3 heteroatoms. The van der Waals surface area contributed by atoms with Crippen LogP contribution in [0, 0.1) is 6.92 Å². The van der Waals surface area contributed by atoms with Gasteiger partial charge in [-0.25, -0.2) is 0 Å². The summed E-state index contributed by atoms with van der Waals surface area (Å²) in [6.07, 6.45) is 2.04. The molecule has 1 atom stereocenters. The van der Waals surface area contributed by atoms with Crippen LogP contribution in [0.4, 0.5) is 0 Å². The number of alkyl halides is 1. The zero-order valence-electron chi connectivity index (χ0n) is 10.3. The van der Waals surface area contributed by atoms with E-state index in [0.717, 1.165) is 35.5 Å². The highest BCUT2D eigenvalue weighted by atomic mass is 35.5. The number of benzene rings is 1. The van der Waals surface area contributed by atoms with Gasteiger partial charge in [0.1, 0.15) is 0 Å². The lowest BCUT2D eigenvalue weighted by molar-refractivity contribution is 0.354. The number of halogens is 1. The van der Waals surface area contributed by atoms with Crippen molar-refractivity contribution < 1.29 is 9.47 Å². The molecule has 0 aliphatic rings. The zero-order chi connectivity index (χ0) is 12.1. The SMILES string of the molecule is CCCC(Cl)c1cc(OC)c(OC)cc1C. The molecule has 0 saturated carbocycles. The van der Waals surface area contributed by atoms with E-state index >= 15 is 0 Å². The van der Waals surface area contributed by atoms with Gasteiger partial charge < -0.3 is 9.47 Å². The Kier molecular flexibility index (Phi) is 4.94. The quantitative estimate of drug-likeness (QED) is 0.724. The van der Waals surface area contributed by atoms with Gasteiger partial charge in [-0.05, 0) is 36.6 Å². The molecule has 0 fully saturated rings. The maximum Gasteiger partial charge on any atom is 0.161 e. The summed E-state index contributed by atoms with van der Waals surface area (Å²) in [7, 11) is 3.28. The Labute approximate surface area is 103 Å². The molecule has 0 saturated heterocycles. The molecule has 1 unspecified atom stereocenters. The highest BCUT2D eigenvalue weighted by molar-refractivity contribution is 6.20. The summed E-state index contributed by atoms with van der Waals surface area (Å²) in [4.78, 5) is 0. The predicted octanol–water partition coefficient (Wildman–Crippen LogP) is 4.09. The van der Waals surface area contributed by atoms with E-state index in [4.69, 9.17) is 21.1 Å². The third-order valence-corrected chi connectivity index (χ3v) is 3.11. The Balaban J connectivity index is 3.10. The van der Waals surface area contributed by atoms with Crippen LogP contribution in [0.1, 0.15) is 36.3 Å². The summed E-state index contributed by atoms with van der Waals surface area (Å²) < 4.78 is 10.5. The van der Waals surface area contributed by atoms with Gasteiger partial charge in [0.15, 0.2) is 11.5 Å². The maximum atomic E-state index is 6.34. The van der Waals surface area contributed by atoms with Crippen molar-refractivity contribution in [3.05, 3.63) is 23.3 Å². The largest absolute Gasteiger partial charge is 0.493 e. The lowest BCUT2D eigenvalue weighted by Crippen LogP contribution is -1.98. The maximum absolute atomic E-state index is 6.34. The van der Waals surface area contributed by atoms with E-state index in [-0.39, 0.29) is 5.38 Å². The van der Waals surface area contributed by atoms with Crippen molar-refractivity contribution in [1.82, 2.24) is 0 Å². The summed E-state index contributed by atoms with van der Waals surface area (Å²) in [5.41, 5.74) is 2.27. The summed E-state index contributed by atoms with van der Waals surface area (Å²) in [6.45, 7) is 4.17. The minimum absolute atomic E-state index is 0.0461. The second-order valence-corrected chi connectivity index (χ2v) is 4.35. The van der Waals surface area contributed by atoms with E-state index in [0.29, 0.717) is 0 Å². The van der Waals surface area contributed by atoms with Gasteiger partial charge in [0.05, 0.1) is 19.6 Å². The minimum atomic E-state index is 0.0461. The molecule has 0 bridgehead atoms. The van der Waals surface area contributed by atoms with Crippen LogP contribution in [0.5, 0.6) is 11.5 Å². The molecule has 0 aliphatic carbocycles. The van der Waals surface area contributed by atoms with Crippen LogP contribution in [0.25, 0.3) is 0 Å². The molecule has 0 radical (unpaired) electrons. The Hall–Kier alpha value is -0.890. The highest BCUT2D eigenvalue weighted by Crippen LogP contribution is 2.36. The first-order valence-electron chi connectivity index (χ1n) is 5.50. The molecule has 0 heterocycles. The first kappa shape index (κ1) is 13.2. The molecular weight excluding hydrogens is 224 g/mol. The fourth-order valence-corrected chi connectivity index (χ4v) is 2.20. The van der Waals surface area contributed by atoms with Crippen molar-refractivity contribution in [2.45, 2.75) is 32.1 Å². The number of methoxy groups -OCH3 is 2. The van der Waals surface area contributed by atoms with Crippen molar-refractivity contribution >= 4 is 11.6 Å².